The number of benzene rings is 2. The van der Waals surface area contributed by atoms with Crippen molar-refractivity contribution < 1.29 is 18.7 Å². The Bertz CT molecular complexity index is 957. The van der Waals surface area contributed by atoms with E-state index in [0.717, 1.165) is 5.56 Å². The third-order valence-electron chi connectivity index (χ3n) is 3.45. The van der Waals surface area contributed by atoms with Crippen LogP contribution in [0.15, 0.2) is 53.9 Å². The molecule has 0 atom stereocenters. The van der Waals surface area contributed by atoms with E-state index in [0.29, 0.717) is 16.5 Å². The average molecular weight is 385 g/mol. The fourth-order valence-corrected chi connectivity index (χ4v) is 2.99. The Morgan fingerprint density at radius 1 is 1.11 bits per heavy atom. The molecule has 6 nitrogen and oxygen atoms in total. The van der Waals surface area contributed by atoms with Crippen LogP contribution in [0.1, 0.15) is 6.92 Å². The molecule has 0 saturated carbocycles. The maximum atomic E-state index is 13.5. The van der Waals surface area contributed by atoms with Gasteiger partial charge in [-0.1, -0.05) is 24.3 Å². The van der Waals surface area contributed by atoms with Gasteiger partial charge in [-0.3, -0.25) is 14.9 Å². The van der Waals surface area contributed by atoms with Crippen LogP contribution in [0.5, 0.6) is 5.75 Å². The van der Waals surface area contributed by atoms with E-state index in [1.165, 1.54) is 30.4 Å². The van der Waals surface area contributed by atoms with Crippen LogP contribution < -0.4 is 15.4 Å². The molecule has 27 heavy (non-hydrogen) atoms. The highest BCUT2D eigenvalue weighted by Gasteiger charge is 2.10. The lowest BCUT2D eigenvalue weighted by atomic mass is 10.1. The van der Waals surface area contributed by atoms with E-state index >= 15 is 0 Å². The maximum absolute atomic E-state index is 13.5. The van der Waals surface area contributed by atoms with Gasteiger partial charge in [0, 0.05) is 23.6 Å². The highest BCUT2D eigenvalue weighted by Crippen LogP contribution is 2.26. The second kappa shape index (κ2) is 8.41. The number of rotatable bonds is 6. The Hall–Kier alpha value is -3.26. The summed E-state index contributed by atoms with van der Waals surface area (Å²) in [4.78, 5) is 27.4. The number of ether oxygens (including phenoxy) is 1. The molecule has 3 aromatic rings. The molecule has 0 unspecified atom stereocenters. The second-order valence-corrected chi connectivity index (χ2v) is 6.42. The molecular weight excluding hydrogens is 369 g/mol. The number of thiazole rings is 1. The lowest BCUT2D eigenvalue weighted by Gasteiger charge is -2.06. The fourth-order valence-electron chi connectivity index (χ4n) is 2.25. The number of anilines is 2. The van der Waals surface area contributed by atoms with Crippen molar-refractivity contribution in [3.05, 3.63) is 59.7 Å². The monoisotopic (exact) mass is 385 g/mol. The summed E-state index contributed by atoms with van der Waals surface area (Å²) in [5.74, 6) is -1.07. The average Bonchev–Trinajstić information content (AvgIpc) is 3.09. The predicted molar refractivity (Wildman–Crippen MR) is 102 cm³/mol. The number of nitrogens with zero attached hydrogens (tertiary/aromatic N) is 1. The Kier molecular flexibility index (Phi) is 5.77. The van der Waals surface area contributed by atoms with E-state index in [2.05, 4.69) is 15.6 Å². The van der Waals surface area contributed by atoms with Crippen molar-refractivity contribution in [1.82, 2.24) is 4.98 Å². The Labute approximate surface area is 159 Å². The van der Waals surface area contributed by atoms with Crippen LogP contribution in [0.25, 0.3) is 11.3 Å². The van der Waals surface area contributed by atoms with Crippen molar-refractivity contribution in [3.63, 3.8) is 0 Å². The first kappa shape index (κ1) is 18.5. The van der Waals surface area contributed by atoms with E-state index in [1.807, 2.05) is 12.1 Å². The first-order valence-electron chi connectivity index (χ1n) is 8.02. The summed E-state index contributed by atoms with van der Waals surface area (Å²) in [6.07, 6.45) is 0. The Morgan fingerprint density at radius 3 is 2.56 bits per heavy atom. The number of aromatic nitrogens is 1. The first-order chi connectivity index (χ1) is 13.0. The Morgan fingerprint density at radius 2 is 1.85 bits per heavy atom. The normalized spacial score (nSPS) is 10.3. The lowest BCUT2D eigenvalue weighted by molar-refractivity contribution is -0.118. The highest BCUT2D eigenvalue weighted by atomic mass is 32.1. The van der Waals surface area contributed by atoms with E-state index in [4.69, 9.17) is 4.74 Å². The van der Waals surface area contributed by atoms with Crippen molar-refractivity contribution in [3.8, 4) is 17.0 Å². The van der Waals surface area contributed by atoms with E-state index < -0.39 is 11.7 Å². The van der Waals surface area contributed by atoms with Crippen LogP contribution in [-0.4, -0.2) is 23.4 Å². The topological polar surface area (TPSA) is 80.3 Å². The molecule has 0 fully saturated rings. The molecule has 0 aliphatic heterocycles. The molecule has 0 bridgehead atoms. The standard InChI is InChI=1S/C19H16FN3O3S/c1-12(24)21-14-8-6-13(7-9-14)16-11-27-19(22-16)23-18(25)10-26-17-5-3-2-4-15(17)20/h2-9,11H,10H2,1H3,(H,21,24)(H,22,23,25). The minimum atomic E-state index is -0.524. The number of hydrogen-bond acceptors (Lipinski definition) is 5. The van der Waals surface area contributed by atoms with Crippen molar-refractivity contribution in [2.24, 2.45) is 0 Å². The van der Waals surface area contributed by atoms with Crippen LogP contribution >= 0.6 is 11.3 Å². The van der Waals surface area contributed by atoms with Gasteiger partial charge in [-0.25, -0.2) is 9.37 Å². The number of halogens is 1. The highest BCUT2D eigenvalue weighted by molar-refractivity contribution is 7.14. The van der Waals surface area contributed by atoms with Crippen LogP contribution in [-0.2, 0) is 9.59 Å². The van der Waals surface area contributed by atoms with Gasteiger partial charge >= 0.3 is 0 Å². The zero-order chi connectivity index (χ0) is 19.2. The SMILES string of the molecule is CC(=O)Nc1ccc(-c2csc(NC(=O)COc3ccccc3F)n2)cc1. The summed E-state index contributed by atoms with van der Waals surface area (Å²) in [6, 6.07) is 13.1. The molecule has 2 amide bonds. The fraction of sp³-hybridized carbons (Fsp3) is 0.105. The zero-order valence-electron chi connectivity index (χ0n) is 14.4. The minimum absolute atomic E-state index is 0.0201. The van der Waals surface area contributed by atoms with Crippen molar-refractivity contribution >= 4 is 34.0 Å². The summed E-state index contributed by atoms with van der Waals surface area (Å²) in [6.45, 7) is 1.13. The molecule has 1 aromatic heterocycles. The summed E-state index contributed by atoms with van der Waals surface area (Å²) in [5.41, 5.74) is 2.24. The van der Waals surface area contributed by atoms with Crippen molar-refractivity contribution in [1.29, 1.82) is 0 Å². The summed E-state index contributed by atoms with van der Waals surface area (Å²) in [5, 5.41) is 7.54. The van der Waals surface area contributed by atoms with Gasteiger partial charge in [0.15, 0.2) is 23.3 Å². The van der Waals surface area contributed by atoms with Crippen LogP contribution in [0.2, 0.25) is 0 Å². The van der Waals surface area contributed by atoms with E-state index in [9.17, 15) is 14.0 Å². The molecule has 0 aliphatic carbocycles. The van der Waals surface area contributed by atoms with Crippen molar-refractivity contribution in [2.75, 3.05) is 17.2 Å². The second-order valence-electron chi connectivity index (χ2n) is 5.56. The summed E-state index contributed by atoms with van der Waals surface area (Å²) in [7, 11) is 0. The van der Waals surface area contributed by atoms with Gasteiger partial charge in [0.1, 0.15) is 0 Å². The molecule has 0 spiro atoms. The van der Waals surface area contributed by atoms with Crippen molar-refractivity contribution in [2.45, 2.75) is 6.92 Å². The number of nitrogens with one attached hydrogen (secondary N) is 2. The quantitative estimate of drug-likeness (QED) is 0.674. The maximum Gasteiger partial charge on any atom is 0.264 e. The molecule has 2 N–H and O–H groups in total. The molecule has 3 rings (SSSR count). The van der Waals surface area contributed by atoms with Gasteiger partial charge < -0.3 is 10.1 Å². The smallest absolute Gasteiger partial charge is 0.264 e. The molecule has 0 saturated heterocycles. The molecule has 0 aliphatic rings. The number of para-hydroxylation sites is 1. The van der Waals surface area contributed by atoms with Gasteiger partial charge in [-0.2, -0.15) is 0 Å². The van der Waals surface area contributed by atoms with Gasteiger partial charge in [0.2, 0.25) is 5.91 Å². The summed E-state index contributed by atoms with van der Waals surface area (Å²) >= 11 is 1.27. The van der Waals surface area contributed by atoms with Gasteiger partial charge in [0.25, 0.3) is 5.91 Å². The molecular formula is C19H16FN3O3S. The summed E-state index contributed by atoms with van der Waals surface area (Å²) < 4.78 is 18.6. The third kappa shape index (κ3) is 5.11. The van der Waals surface area contributed by atoms with E-state index in [-0.39, 0.29) is 18.3 Å². The van der Waals surface area contributed by atoms with E-state index in [1.54, 1.807) is 29.6 Å². The molecule has 8 heteroatoms. The molecule has 0 radical (unpaired) electrons. The van der Waals surface area contributed by atoms with Crippen LogP contribution in [0, 0.1) is 5.82 Å². The molecule has 1 heterocycles. The number of hydrogen-bond donors (Lipinski definition) is 2. The van der Waals surface area contributed by atoms with Crippen LogP contribution in [0.3, 0.4) is 0 Å². The lowest BCUT2D eigenvalue weighted by Crippen LogP contribution is -2.20. The minimum Gasteiger partial charge on any atom is -0.481 e. The largest absolute Gasteiger partial charge is 0.481 e. The Balaban J connectivity index is 1.58. The number of carbonyl (C=O) groups excluding carboxylic acids is 2. The molecule has 2 aromatic carbocycles. The number of amides is 2. The first-order valence-corrected chi connectivity index (χ1v) is 8.90. The predicted octanol–water partition coefficient (Wildman–Crippen LogP) is 3.93. The van der Waals surface area contributed by atoms with Gasteiger partial charge in [0.05, 0.1) is 5.69 Å². The third-order valence-corrected chi connectivity index (χ3v) is 4.20. The molecule has 138 valence electrons. The zero-order valence-corrected chi connectivity index (χ0v) is 15.2. The van der Waals surface area contributed by atoms with Gasteiger partial charge in [-0.05, 0) is 24.3 Å². The number of carbonyl (C=O) groups is 2. The van der Waals surface area contributed by atoms with Crippen LogP contribution in [0.4, 0.5) is 15.2 Å². The van der Waals surface area contributed by atoms with Gasteiger partial charge in [-0.15, -0.1) is 11.3 Å².